The molecule has 0 heterocycles. The molecular weight excluding hydrogens is 211 g/mol. The lowest BCUT2D eigenvalue weighted by molar-refractivity contribution is -0.137. The van der Waals surface area contributed by atoms with E-state index in [2.05, 4.69) is 12.6 Å². The van der Waals surface area contributed by atoms with Crippen LogP contribution in [-0.4, -0.2) is 0 Å². The van der Waals surface area contributed by atoms with Crippen molar-refractivity contribution in [2.45, 2.75) is 11.4 Å². The Morgan fingerprint density at radius 2 is 1.71 bits per heavy atom. The fraction of sp³-hybridized carbons (Fsp3) is 0.222. The number of rotatable bonds is 1. The third-order valence-electron chi connectivity index (χ3n) is 1.68. The van der Waals surface area contributed by atoms with Crippen molar-refractivity contribution >= 4 is 12.6 Å². The van der Waals surface area contributed by atoms with E-state index in [4.69, 9.17) is 5.26 Å². The van der Waals surface area contributed by atoms with Gasteiger partial charge in [0, 0.05) is 0 Å². The van der Waals surface area contributed by atoms with Gasteiger partial charge in [-0.25, -0.2) is 0 Å². The Hall–Kier alpha value is -1.15. The Labute approximate surface area is 84.6 Å². The second kappa shape index (κ2) is 3.93. The minimum Gasteiger partial charge on any atom is -0.197 e. The van der Waals surface area contributed by atoms with Gasteiger partial charge in [-0.05, 0) is 17.7 Å². The predicted molar refractivity (Wildman–Crippen MR) is 48.8 cm³/mol. The quantitative estimate of drug-likeness (QED) is 0.717. The maximum atomic E-state index is 12.1. The van der Waals surface area contributed by atoms with Crippen molar-refractivity contribution < 1.29 is 13.2 Å². The Balaban J connectivity index is 2.96. The smallest absolute Gasteiger partial charge is 0.197 e. The zero-order valence-electron chi connectivity index (χ0n) is 6.92. The third kappa shape index (κ3) is 2.42. The Morgan fingerprint density at radius 3 is 2.07 bits per heavy atom. The Morgan fingerprint density at radius 1 is 1.21 bits per heavy atom. The lowest BCUT2D eigenvalue weighted by Crippen LogP contribution is -2.04. The molecule has 0 N–H and O–H groups in total. The number of nitrogens with zero attached hydrogens (tertiary/aromatic N) is 1. The second-order valence-corrected chi connectivity index (χ2v) is 3.17. The first kappa shape index (κ1) is 10.9. The molecule has 0 radical (unpaired) electrons. The lowest BCUT2D eigenvalue weighted by Gasteiger charge is -2.07. The predicted octanol–water partition coefficient (Wildman–Crippen LogP) is 3.20. The number of hydrogen-bond donors (Lipinski definition) is 1. The van der Waals surface area contributed by atoms with Crippen LogP contribution in [0.15, 0.2) is 24.3 Å². The first-order valence-electron chi connectivity index (χ1n) is 3.70. The SMILES string of the molecule is N#CC(S)c1ccc(C(F)(F)F)cc1. The van der Waals surface area contributed by atoms with Crippen LogP contribution < -0.4 is 0 Å². The third-order valence-corrected chi connectivity index (χ3v) is 2.09. The van der Waals surface area contributed by atoms with Gasteiger partial charge in [-0.15, -0.1) is 0 Å². The van der Waals surface area contributed by atoms with Gasteiger partial charge in [0.15, 0.2) is 0 Å². The highest BCUT2D eigenvalue weighted by Gasteiger charge is 2.30. The topological polar surface area (TPSA) is 23.8 Å². The molecule has 0 aliphatic carbocycles. The maximum Gasteiger partial charge on any atom is 0.416 e. The maximum absolute atomic E-state index is 12.1. The van der Waals surface area contributed by atoms with Crippen LogP contribution in [0.5, 0.6) is 0 Å². The van der Waals surface area contributed by atoms with Gasteiger partial charge in [-0.2, -0.15) is 31.1 Å². The normalized spacial score (nSPS) is 13.4. The van der Waals surface area contributed by atoms with E-state index in [1.54, 1.807) is 0 Å². The highest BCUT2D eigenvalue weighted by atomic mass is 32.1. The number of halogens is 3. The minimum absolute atomic E-state index is 0.462. The minimum atomic E-state index is -4.34. The zero-order chi connectivity index (χ0) is 10.8. The Bertz CT molecular complexity index is 350. The fourth-order valence-electron chi connectivity index (χ4n) is 0.929. The van der Waals surface area contributed by atoms with Crippen LogP contribution in [0.3, 0.4) is 0 Å². The molecule has 74 valence electrons. The Kier molecular flexibility index (Phi) is 3.06. The van der Waals surface area contributed by atoms with E-state index < -0.39 is 17.0 Å². The molecule has 0 aliphatic rings. The molecule has 0 saturated carbocycles. The molecule has 0 aliphatic heterocycles. The van der Waals surface area contributed by atoms with Crippen LogP contribution in [0, 0.1) is 11.3 Å². The molecule has 0 saturated heterocycles. The molecule has 5 heteroatoms. The van der Waals surface area contributed by atoms with Gasteiger partial charge in [0.25, 0.3) is 0 Å². The van der Waals surface area contributed by atoms with Crippen molar-refractivity contribution in [1.29, 1.82) is 5.26 Å². The van der Waals surface area contributed by atoms with Crippen LogP contribution in [-0.2, 0) is 6.18 Å². The molecular formula is C9H6F3NS. The molecule has 1 nitrogen and oxygen atoms in total. The molecule has 0 bridgehead atoms. The van der Waals surface area contributed by atoms with E-state index in [-0.39, 0.29) is 0 Å². The standard InChI is InChI=1S/C9H6F3NS/c10-9(11,12)7-3-1-6(2-4-7)8(14)5-13/h1-4,8,14H. The molecule has 0 aromatic heterocycles. The highest BCUT2D eigenvalue weighted by molar-refractivity contribution is 7.80. The summed E-state index contributed by atoms with van der Waals surface area (Å²) in [4.78, 5) is 0. The first-order chi connectivity index (χ1) is 6.45. The number of alkyl halides is 3. The van der Waals surface area contributed by atoms with Crippen LogP contribution in [0.2, 0.25) is 0 Å². The van der Waals surface area contributed by atoms with E-state index in [0.29, 0.717) is 5.56 Å². The van der Waals surface area contributed by atoms with Crippen LogP contribution in [0.1, 0.15) is 16.4 Å². The van der Waals surface area contributed by atoms with Crippen molar-refractivity contribution in [2.75, 3.05) is 0 Å². The van der Waals surface area contributed by atoms with Crippen molar-refractivity contribution in [1.82, 2.24) is 0 Å². The summed E-state index contributed by atoms with van der Waals surface area (Å²) in [5.41, 5.74) is -0.261. The summed E-state index contributed by atoms with van der Waals surface area (Å²) >= 11 is 3.88. The molecule has 1 aromatic carbocycles. The van der Waals surface area contributed by atoms with Crippen molar-refractivity contribution in [3.63, 3.8) is 0 Å². The van der Waals surface area contributed by atoms with E-state index in [9.17, 15) is 13.2 Å². The van der Waals surface area contributed by atoms with Crippen LogP contribution >= 0.6 is 12.6 Å². The van der Waals surface area contributed by atoms with Gasteiger partial charge >= 0.3 is 6.18 Å². The average Bonchev–Trinajstić information content (AvgIpc) is 2.15. The van der Waals surface area contributed by atoms with Crippen LogP contribution in [0.4, 0.5) is 13.2 Å². The molecule has 1 atom stereocenters. The molecule has 14 heavy (non-hydrogen) atoms. The largest absolute Gasteiger partial charge is 0.416 e. The van der Waals surface area contributed by atoms with E-state index in [0.717, 1.165) is 12.1 Å². The summed E-state index contributed by atoms with van der Waals surface area (Å²) in [6.07, 6.45) is -4.34. The van der Waals surface area contributed by atoms with Crippen molar-refractivity contribution in [3.05, 3.63) is 35.4 Å². The highest BCUT2D eigenvalue weighted by Crippen LogP contribution is 2.30. The summed E-state index contributed by atoms with van der Waals surface area (Å²) in [6.45, 7) is 0. The lowest BCUT2D eigenvalue weighted by atomic mass is 10.1. The summed E-state index contributed by atoms with van der Waals surface area (Å²) in [5.74, 6) is 0. The first-order valence-corrected chi connectivity index (χ1v) is 4.21. The number of benzene rings is 1. The number of hydrogen-bond acceptors (Lipinski definition) is 2. The summed E-state index contributed by atoms with van der Waals surface area (Å²) in [5, 5.41) is 7.79. The summed E-state index contributed by atoms with van der Waals surface area (Å²) < 4.78 is 36.4. The molecule has 0 amide bonds. The van der Waals surface area contributed by atoms with Gasteiger partial charge in [0.1, 0.15) is 5.25 Å². The van der Waals surface area contributed by atoms with Gasteiger partial charge in [0.2, 0.25) is 0 Å². The average molecular weight is 217 g/mol. The fourth-order valence-corrected chi connectivity index (χ4v) is 1.10. The van der Waals surface area contributed by atoms with Crippen molar-refractivity contribution in [3.8, 4) is 6.07 Å². The summed E-state index contributed by atoms with van der Waals surface area (Å²) in [6, 6.07) is 6.21. The molecule has 1 unspecified atom stereocenters. The van der Waals surface area contributed by atoms with Crippen LogP contribution in [0.25, 0.3) is 0 Å². The van der Waals surface area contributed by atoms with Gasteiger partial charge in [-0.1, -0.05) is 12.1 Å². The van der Waals surface area contributed by atoms with Gasteiger partial charge < -0.3 is 0 Å². The second-order valence-electron chi connectivity index (χ2n) is 2.65. The zero-order valence-corrected chi connectivity index (χ0v) is 7.81. The monoisotopic (exact) mass is 217 g/mol. The van der Waals surface area contributed by atoms with Gasteiger partial charge in [-0.3, -0.25) is 0 Å². The van der Waals surface area contributed by atoms with E-state index in [1.807, 2.05) is 6.07 Å². The van der Waals surface area contributed by atoms with Crippen molar-refractivity contribution in [2.24, 2.45) is 0 Å². The molecule has 0 spiro atoms. The van der Waals surface area contributed by atoms with E-state index >= 15 is 0 Å². The summed E-state index contributed by atoms with van der Waals surface area (Å²) in [7, 11) is 0. The molecule has 1 aromatic rings. The number of nitriles is 1. The molecule has 0 fully saturated rings. The molecule has 1 rings (SSSR count). The van der Waals surface area contributed by atoms with Gasteiger partial charge in [0.05, 0.1) is 11.6 Å². The number of thiol groups is 1. The van der Waals surface area contributed by atoms with E-state index in [1.165, 1.54) is 12.1 Å².